The first-order chi connectivity index (χ1) is 16.2. The summed E-state index contributed by atoms with van der Waals surface area (Å²) in [5, 5.41) is 5.63. The lowest BCUT2D eigenvalue weighted by Crippen LogP contribution is -2.46. The summed E-state index contributed by atoms with van der Waals surface area (Å²) in [6.07, 6.45) is 3.65. The van der Waals surface area contributed by atoms with E-state index in [0.29, 0.717) is 19.5 Å². The van der Waals surface area contributed by atoms with Crippen LogP contribution in [-0.4, -0.2) is 42.0 Å². The van der Waals surface area contributed by atoms with Gasteiger partial charge in [0.25, 0.3) is 0 Å². The van der Waals surface area contributed by atoms with Gasteiger partial charge in [-0.1, -0.05) is 78.9 Å². The molecule has 1 atom stereocenters. The highest BCUT2D eigenvalue weighted by atomic mass is 16.6. The number of rotatable bonds is 9. The van der Waals surface area contributed by atoms with Crippen molar-refractivity contribution < 1.29 is 14.3 Å². The van der Waals surface area contributed by atoms with Crippen molar-refractivity contribution in [1.82, 2.24) is 10.2 Å². The second kappa shape index (κ2) is 11.6. The molecule has 5 heteroatoms. The summed E-state index contributed by atoms with van der Waals surface area (Å²) in [6, 6.07) is 24.0. The van der Waals surface area contributed by atoms with E-state index in [1.807, 2.05) is 70.3 Å². The molecule has 34 heavy (non-hydrogen) atoms. The molecule has 0 unspecified atom stereocenters. The zero-order chi connectivity index (χ0) is 24.6. The number of ether oxygens (including phenoxy) is 1. The van der Waals surface area contributed by atoms with Crippen LogP contribution in [0, 0.1) is 0 Å². The molecule has 3 aromatic carbocycles. The van der Waals surface area contributed by atoms with Gasteiger partial charge in [-0.25, -0.2) is 4.79 Å². The third kappa shape index (κ3) is 7.85. The van der Waals surface area contributed by atoms with Crippen molar-refractivity contribution >= 4 is 22.6 Å². The second-order valence-corrected chi connectivity index (χ2v) is 9.46. The Labute approximate surface area is 202 Å². The van der Waals surface area contributed by atoms with E-state index in [9.17, 15) is 9.59 Å². The average molecular weight is 459 g/mol. The van der Waals surface area contributed by atoms with Crippen molar-refractivity contribution in [2.24, 2.45) is 0 Å². The Morgan fingerprint density at radius 1 is 0.941 bits per heavy atom. The van der Waals surface area contributed by atoms with Crippen LogP contribution in [0.3, 0.4) is 0 Å². The Hall–Kier alpha value is -3.44. The van der Waals surface area contributed by atoms with Gasteiger partial charge < -0.3 is 15.0 Å². The number of carbonyl (C=O) groups is 2. The number of esters is 1. The SMILES string of the molecule is CN(Cc1ccccc1)C(=O)[C@H](Cc1ccc2ccccc2c1)NCC=CC(=O)OC(C)(C)C. The maximum atomic E-state index is 13.4. The zero-order valence-corrected chi connectivity index (χ0v) is 20.5. The van der Waals surface area contributed by atoms with E-state index < -0.39 is 17.6 Å². The van der Waals surface area contributed by atoms with E-state index in [4.69, 9.17) is 4.74 Å². The molecule has 0 fully saturated rings. The zero-order valence-electron chi connectivity index (χ0n) is 20.5. The molecule has 3 rings (SSSR count). The summed E-state index contributed by atoms with van der Waals surface area (Å²) < 4.78 is 5.30. The van der Waals surface area contributed by atoms with E-state index >= 15 is 0 Å². The van der Waals surface area contributed by atoms with Crippen LogP contribution in [0.1, 0.15) is 31.9 Å². The lowest BCUT2D eigenvalue weighted by Gasteiger charge is -2.25. The molecule has 0 heterocycles. The number of nitrogens with one attached hydrogen (secondary N) is 1. The monoisotopic (exact) mass is 458 g/mol. The summed E-state index contributed by atoms with van der Waals surface area (Å²) in [5.74, 6) is -0.393. The van der Waals surface area contributed by atoms with Crippen LogP contribution >= 0.6 is 0 Å². The van der Waals surface area contributed by atoms with Gasteiger partial charge in [-0.3, -0.25) is 4.79 Å². The minimum atomic E-state index is -0.538. The minimum Gasteiger partial charge on any atom is -0.457 e. The molecule has 5 nitrogen and oxygen atoms in total. The molecule has 3 aromatic rings. The Morgan fingerprint density at radius 3 is 2.32 bits per heavy atom. The predicted octanol–water partition coefficient (Wildman–Crippen LogP) is 4.90. The fraction of sp³-hybridized carbons (Fsp3) is 0.310. The fourth-order valence-corrected chi connectivity index (χ4v) is 3.75. The molecule has 0 saturated heterocycles. The Balaban J connectivity index is 1.71. The molecule has 0 saturated carbocycles. The first-order valence-electron chi connectivity index (χ1n) is 11.6. The van der Waals surface area contributed by atoms with Crippen LogP contribution < -0.4 is 5.32 Å². The highest BCUT2D eigenvalue weighted by molar-refractivity contribution is 5.85. The number of nitrogens with zero attached hydrogens (tertiary/aromatic N) is 1. The summed E-state index contributed by atoms with van der Waals surface area (Å²) in [6.45, 7) is 6.40. The van der Waals surface area contributed by atoms with Crippen molar-refractivity contribution in [1.29, 1.82) is 0 Å². The van der Waals surface area contributed by atoms with Gasteiger partial charge in [-0.05, 0) is 49.1 Å². The van der Waals surface area contributed by atoms with Gasteiger partial charge in [0.2, 0.25) is 5.91 Å². The first-order valence-corrected chi connectivity index (χ1v) is 11.6. The maximum Gasteiger partial charge on any atom is 0.330 e. The highest BCUT2D eigenvalue weighted by Crippen LogP contribution is 2.17. The summed E-state index contributed by atoms with van der Waals surface area (Å²) >= 11 is 0. The first kappa shape index (κ1) is 25.2. The third-order valence-corrected chi connectivity index (χ3v) is 5.33. The molecule has 0 aromatic heterocycles. The molecule has 0 bridgehead atoms. The van der Waals surface area contributed by atoms with E-state index in [1.54, 1.807) is 11.0 Å². The van der Waals surface area contributed by atoms with Crippen molar-refractivity contribution in [2.45, 2.75) is 45.4 Å². The molecule has 0 radical (unpaired) electrons. The molecule has 0 aliphatic heterocycles. The second-order valence-electron chi connectivity index (χ2n) is 9.46. The molecule has 1 N–H and O–H groups in total. The normalized spacial score (nSPS) is 12.6. The summed E-state index contributed by atoms with van der Waals surface area (Å²) in [4.78, 5) is 27.1. The standard InChI is InChI=1S/C29H34N2O3/c1-29(2,3)34-27(32)15-10-18-30-26(28(33)31(4)21-22-11-6-5-7-12-22)20-23-16-17-24-13-8-9-14-25(24)19-23/h5-17,19,26,30H,18,20-21H2,1-4H3/t26-/m0/s1. The molecule has 1 amide bonds. The third-order valence-electron chi connectivity index (χ3n) is 5.33. The Kier molecular flexibility index (Phi) is 8.61. The number of hydrogen-bond donors (Lipinski definition) is 1. The van der Waals surface area contributed by atoms with E-state index in [1.165, 1.54) is 11.5 Å². The molecule has 0 spiro atoms. The van der Waals surface area contributed by atoms with Crippen LogP contribution in [0.4, 0.5) is 0 Å². The van der Waals surface area contributed by atoms with Crippen LogP contribution in [-0.2, 0) is 27.3 Å². The van der Waals surface area contributed by atoms with Crippen molar-refractivity contribution in [2.75, 3.05) is 13.6 Å². The molecular weight excluding hydrogens is 424 g/mol. The van der Waals surface area contributed by atoms with Gasteiger partial charge in [0.1, 0.15) is 5.60 Å². The van der Waals surface area contributed by atoms with Crippen LogP contribution in [0.25, 0.3) is 10.8 Å². The summed E-state index contributed by atoms with van der Waals surface area (Å²) in [7, 11) is 1.82. The van der Waals surface area contributed by atoms with E-state index in [0.717, 1.165) is 16.5 Å². The fourth-order valence-electron chi connectivity index (χ4n) is 3.75. The van der Waals surface area contributed by atoms with Gasteiger partial charge in [0.15, 0.2) is 0 Å². The van der Waals surface area contributed by atoms with Crippen LogP contribution in [0.2, 0.25) is 0 Å². The topological polar surface area (TPSA) is 58.6 Å². The smallest absolute Gasteiger partial charge is 0.330 e. The number of amides is 1. The number of likely N-dealkylation sites (N-methyl/N-ethyl adjacent to an activating group) is 1. The van der Waals surface area contributed by atoms with E-state index in [2.05, 4.69) is 35.6 Å². The van der Waals surface area contributed by atoms with Gasteiger partial charge in [0, 0.05) is 26.2 Å². The molecule has 178 valence electrons. The van der Waals surface area contributed by atoms with Crippen LogP contribution in [0.5, 0.6) is 0 Å². The lowest BCUT2D eigenvalue weighted by atomic mass is 10.0. The Morgan fingerprint density at radius 2 is 1.62 bits per heavy atom. The van der Waals surface area contributed by atoms with E-state index in [-0.39, 0.29) is 5.91 Å². The minimum absolute atomic E-state index is 0.00248. The van der Waals surface area contributed by atoms with Crippen molar-refractivity contribution in [3.05, 3.63) is 96.1 Å². The van der Waals surface area contributed by atoms with Crippen molar-refractivity contribution in [3.63, 3.8) is 0 Å². The van der Waals surface area contributed by atoms with Gasteiger partial charge in [-0.2, -0.15) is 0 Å². The quantitative estimate of drug-likeness (QED) is 0.366. The predicted molar refractivity (Wildman–Crippen MR) is 137 cm³/mol. The average Bonchev–Trinajstić information content (AvgIpc) is 2.80. The maximum absolute atomic E-state index is 13.4. The molecule has 0 aliphatic rings. The van der Waals surface area contributed by atoms with Gasteiger partial charge in [0.05, 0.1) is 6.04 Å². The van der Waals surface area contributed by atoms with Crippen molar-refractivity contribution in [3.8, 4) is 0 Å². The number of carbonyl (C=O) groups excluding carboxylic acids is 2. The Bertz CT molecular complexity index is 1130. The molecule has 0 aliphatic carbocycles. The molecular formula is C29H34N2O3. The highest BCUT2D eigenvalue weighted by Gasteiger charge is 2.22. The van der Waals surface area contributed by atoms with Crippen LogP contribution in [0.15, 0.2) is 84.9 Å². The summed E-state index contributed by atoms with van der Waals surface area (Å²) in [5.41, 5.74) is 1.62. The largest absolute Gasteiger partial charge is 0.457 e. The lowest BCUT2D eigenvalue weighted by molar-refractivity contribution is -0.148. The number of benzene rings is 3. The number of fused-ring (bicyclic) bond motifs is 1. The van der Waals surface area contributed by atoms with Gasteiger partial charge in [-0.15, -0.1) is 0 Å². The number of hydrogen-bond acceptors (Lipinski definition) is 4. The van der Waals surface area contributed by atoms with Gasteiger partial charge >= 0.3 is 5.97 Å².